The number of rotatable bonds is 4. The molecule has 0 saturated carbocycles. The van der Waals surface area contributed by atoms with Gasteiger partial charge in [0, 0.05) is 5.56 Å². The Morgan fingerprint density at radius 2 is 1.83 bits per heavy atom. The third-order valence-corrected chi connectivity index (χ3v) is 4.80. The highest BCUT2D eigenvalue weighted by Gasteiger charge is 2.16. The van der Waals surface area contributed by atoms with Crippen LogP contribution in [0, 0.1) is 6.92 Å². The second kappa shape index (κ2) is 9.84. The van der Waals surface area contributed by atoms with E-state index in [-0.39, 0.29) is 23.0 Å². The lowest BCUT2D eigenvalue weighted by atomic mass is 9.87. The first-order valence-electron chi connectivity index (χ1n) is 8.96. The van der Waals surface area contributed by atoms with Crippen LogP contribution in [0.1, 0.15) is 42.3 Å². The molecule has 2 aromatic carbocycles. The number of halogens is 1. The van der Waals surface area contributed by atoms with Gasteiger partial charge in [0.25, 0.3) is 11.8 Å². The number of carbonyl (C=O) groups excluding carboxylic acids is 2. The molecule has 0 atom stereocenters. The van der Waals surface area contributed by atoms with Gasteiger partial charge in [-0.25, -0.2) is 0 Å². The summed E-state index contributed by atoms with van der Waals surface area (Å²) >= 11 is 8.49. The van der Waals surface area contributed by atoms with Crippen LogP contribution in [0.2, 0.25) is 0 Å². The zero-order valence-electron chi connectivity index (χ0n) is 16.8. The van der Waals surface area contributed by atoms with Gasteiger partial charge in [-0.3, -0.25) is 25.8 Å². The van der Waals surface area contributed by atoms with Gasteiger partial charge in [-0.15, -0.1) is 0 Å². The molecule has 0 saturated heterocycles. The van der Waals surface area contributed by atoms with Crippen molar-refractivity contribution in [1.29, 1.82) is 0 Å². The zero-order chi connectivity index (χ0) is 21.6. The number of hydrogen-bond acceptors (Lipinski definition) is 4. The Morgan fingerprint density at radius 1 is 1.10 bits per heavy atom. The van der Waals surface area contributed by atoms with Crippen molar-refractivity contribution in [2.75, 3.05) is 6.61 Å². The van der Waals surface area contributed by atoms with Crippen LogP contribution in [0.5, 0.6) is 5.75 Å². The first kappa shape index (κ1) is 22.8. The van der Waals surface area contributed by atoms with Gasteiger partial charge in [0.05, 0.1) is 4.47 Å². The van der Waals surface area contributed by atoms with Crippen molar-refractivity contribution in [3.8, 4) is 5.75 Å². The fraction of sp³-hybridized carbons (Fsp3) is 0.286. The summed E-state index contributed by atoms with van der Waals surface area (Å²) in [6, 6.07) is 12.9. The summed E-state index contributed by atoms with van der Waals surface area (Å²) in [6.07, 6.45) is 0. The number of ether oxygens (including phenoxy) is 1. The lowest BCUT2D eigenvalue weighted by molar-refractivity contribution is -0.123. The van der Waals surface area contributed by atoms with Gasteiger partial charge < -0.3 is 4.74 Å². The Balaban J connectivity index is 1.79. The van der Waals surface area contributed by atoms with Crippen molar-refractivity contribution < 1.29 is 14.3 Å². The minimum Gasteiger partial charge on any atom is -0.483 e. The lowest BCUT2D eigenvalue weighted by Crippen LogP contribution is -2.49. The van der Waals surface area contributed by atoms with E-state index >= 15 is 0 Å². The minimum absolute atomic E-state index is 0.0134. The van der Waals surface area contributed by atoms with Crippen molar-refractivity contribution in [1.82, 2.24) is 16.2 Å². The minimum atomic E-state index is -0.441. The Labute approximate surface area is 184 Å². The highest BCUT2D eigenvalue weighted by Crippen LogP contribution is 2.31. The molecule has 0 spiro atoms. The fourth-order valence-electron chi connectivity index (χ4n) is 2.38. The van der Waals surface area contributed by atoms with Crippen molar-refractivity contribution in [3.63, 3.8) is 0 Å². The van der Waals surface area contributed by atoms with E-state index in [1.165, 1.54) is 0 Å². The summed E-state index contributed by atoms with van der Waals surface area (Å²) in [5, 5.41) is 2.49. The molecular weight excluding hydrogens is 454 g/mol. The molecule has 2 aromatic rings. The highest BCUT2D eigenvalue weighted by molar-refractivity contribution is 9.10. The van der Waals surface area contributed by atoms with Crippen LogP contribution >= 0.6 is 28.1 Å². The predicted octanol–water partition coefficient (Wildman–Crippen LogP) is 3.77. The first-order chi connectivity index (χ1) is 13.6. The van der Waals surface area contributed by atoms with Crippen LogP contribution in [0.25, 0.3) is 0 Å². The summed E-state index contributed by atoms with van der Waals surface area (Å²) in [6.45, 7) is 8.04. The molecule has 0 aliphatic heterocycles. The number of nitrogens with one attached hydrogen (secondary N) is 3. The maximum atomic E-state index is 12.1. The summed E-state index contributed by atoms with van der Waals surface area (Å²) in [5.41, 5.74) is 7.48. The van der Waals surface area contributed by atoms with E-state index in [4.69, 9.17) is 17.0 Å². The van der Waals surface area contributed by atoms with E-state index in [9.17, 15) is 9.59 Å². The van der Waals surface area contributed by atoms with Crippen LogP contribution in [0.15, 0.2) is 46.9 Å². The van der Waals surface area contributed by atoms with E-state index in [0.29, 0.717) is 11.3 Å². The molecule has 2 rings (SSSR count). The van der Waals surface area contributed by atoms with Gasteiger partial charge in [-0.1, -0.05) is 44.5 Å². The average molecular weight is 478 g/mol. The normalized spacial score (nSPS) is 10.8. The monoisotopic (exact) mass is 477 g/mol. The molecule has 2 amide bonds. The number of amides is 2. The molecule has 0 aromatic heterocycles. The highest BCUT2D eigenvalue weighted by atomic mass is 79.9. The summed E-state index contributed by atoms with van der Waals surface area (Å²) in [7, 11) is 0. The topological polar surface area (TPSA) is 79.5 Å². The summed E-state index contributed by atoms with van der Waals surface area (Å²) < 4.78 is 6.30. The van der Waals surface area contributed by atoms with Crippen LogP contribution < -0.4 is 20.9 Å². The number of benzene rings is 2. The maximum absolute atomic E-state index is 12.1. The van der Waals surface area contributed by atoms with E-state index < -0.39 is 5.91 Å². The molecule has 0 bridgehead atoms. The molecule has 8 heteroatoms. The van der Waals surface area contributed by atoms with E-state index in [1.54, 1.807) is 18.2 Å². The maximum Gasteiger partial charge on any atom is 0.276 e. The Bertz CT molecular complexity index is 926. The van der Waals surface area contributed by atoms with Crippen LogP contribution in [-0.4, -0.2) is 23.5 Å². The Hall–Kier alpha value is -2.45. The van der Waals surface area contributed by atoms with E-state index in [2.05, 4.69) is 52.9 Å². The molecule has 6 nitrogen and oxygen atoms in total. The van der Waals surface area contributed by atoms with Gasteiger partial charge in [-0.05, 0) is 70.3 Å². The van der Waals surface area contributed by atoms with E-state index in [1.807, 2.05) is 31.2 Å². The molecule has 0 radical (unpaired) electrons. The second-order valence-corrected chi connectivity index (χ2v) is 8.77. The quantitative estimate of drug-likeness (QED) is 0.461. The standard InChI is InChI=1S/C21H24BrN3O3S/c1-13-6-5-7-14(10-13)19(27)23-20(29)25-24-18(26)12-28-17-9-8-15(11-16(17)22)21(2,3)4/h5-11H,12H2,1-4H3,(H,24,26)(H2,23,25,27,29). The number of hydrazine groups is 1. The second-order valence-electron chi connectivity index (χ2n) is 7.51. The number of carbonyl (C=O) groups is 2. The Morgan fingerprint density at radius 3 is 2.45 bits per heavy atom. The predicted molar refractivity (Wildman–Crippen MR) is 121 cm³/mol. The van der Waals surface area contributed by atoms with Crippen LogP contribution in [-0.2, 0) is 10.2 Å². The first-order valence-corrected chi connectivity index (χ1v) is 10.2. The van der Waals surface area contributed by atoms with Crippen molar-refractivity contribution in [2.45, 2.75) is 33.1 Å². The average Bonchev–Trinajstić information content (AvgIpc) is 2.64. The smallest absolute Gasteiger partial charge is 0.276 e. The van der Waals surface area contributed by atoms with Gasteiger partial charge in [-0.2, -0.15) is 0 Å². The molecule has 154 valence electrons. The van der Waals surface area contributed by atoms with Gasteiger partial charge in [0.1, 0.15) is 5.75 Å². The van der Waals surface area contributed by atoms with Gasteiger partial charge >= 0.3 is 0 Å². The SMILES string of the molecule is Cc1cccc(C(=O)NC(=S)NNC(=O)COc2ccc(C(C)(C)C)cc2Br)c1. The largest absolute Gasteiger partial charge is 0.483 e. The van der Waals surface area contributed by atoms with Crippen LogP contribution in [0.4, 0.5) is 0 Å². The van der Waals surface area contributed by atoms with Crippen molar-refractivity contribution in [2.24, 2.45) is 0 Å². The summed E-state index contributed by atoms with van der Waals surface area (Å²) in [4.78, 5) is 24.1. The molecule has 0 heterocycles. The molecule has 0 fully saturated rings. The third-order valence-electron chi connectivity index (χ3n) is 3.98. The molecule has 0 aliphatic carbocycles. The number of aryl methyl sites for hydroxylation is 1. The Kier molecular flexibility index (Phi) is 7.75. The number of hydrogen-bond donors (Lipinski definition) is 3. The van der Waals surface area contributed by atoms with Crippen molar-refractivity contribution >= 4 is 45.1 Å². The molecule has 29 heavy (non-hydrogen) atoms. The third kappa shape index (κ3) is 7.14. The van der Waals surface area contributed by atoms with E-state index in [0.717, 1.165) is 15.6 Å². The molecule has 3 N–H and O–H groups in total. The van der Waals surface area contributed by atoms with Crippen molar-refractivity contribution in [3.05, 3.63) is 63.6 Å². The zero-order valence-corrected chi connectivity index (χ0v) is 19.2. The molecular formula is C21H24BrN3O3S. The lowest BCUT2D eigenvalue weighted by Gasteiger charge is -2.20. The van der Waals surface area contributed by atoms with Crippen LogP contribution in [0.3, 0.4) is 0 Å². The number of thiocarbonyl (C=S) groups is 1. The molecule has 0 aliphatic rings. The van der Waals surface area contributed by atoms with Gasteiger partial charge in [0.15, 0.2) is 11.7 Å². The molecule has 0 unspecified atom stereocenters. The fourth-order valence-corrected chi connectivity index (χ4v) is 3.02. The van der Waals surface area contributed by atoms with Gasteiger partial charge in [0.2, 0.25) is 0 Å². The summed E-state index contributed by atoms with van der Waals surface area (Å²) in [5.74, 6) is -0.244.